The Morgan fingerprint density at radius 2 is 2.05 bits per heavy atom. The quantitative estimate of drug-likeness (QED) is 0.916. The van der Waals surface area contributed by atoms with Crippen LogP contribution in [0.1, 0.15) is 17.1 Å². The van der Waals surface area contributed by atoms with Gasteiger partial charge in [-0.25, -0.2) is 0 Å². The fourth-order valence-corrected chi connectivity index (χ4v) is 2.50. The predicted molar refractivity (Wildman–Crippen MR) is 82.5 cm³/mol. The third-order valence-corrected chi connectivity index (χ3v) is 3.55. The van der Waals surface area contributed by atoms with Crippen LogP contribution in [0.3, 0.4) is 0 Å². The molecule has 0 aliphatic rings. The van der Waals surface area contributed by atoms with Crippen LogP contribution in [-0.2, 0) is 13.0 Å². The number of halogens is 1. The number of hydrogen-bond acceptors (Lipinski definition) is 3. The topological polar surface area (TPSA) is 42.4 Å². The number of furan rings is 1. The Morgan fingerprint density at radius 3 is 2.68 bits per heavy atom. The highest BCUT2D eigenvalue weighted by atomic mass is 79.9. The molecule has 0 saturated carbocycles. The van der Waals surface area contributed by atoms with E-state index in [1.54, 1.807) is 0 Å². The van der Waals surface area contributed by atoms with E-state index < -0.39 is 0 Å². The van der Waals surface area contributed by atoms with Gasteiger partial charge in [-0.3, -0.25) is 0 Å². The highest BCUT2D eigenvalue weighted by Gasteiger charge is 2.10. The Kier molecular flexibility index (Phi) is 4.66. The molecule has 0 bridgehead atoms. The van der Waals surface area contributed by atoms with Crippen molar-refractivity contribution in [2.75, 3.05) is 18.5 Å². The molecule has 0 fully saturated rings. The van der Waals surface area contributed by atoms with Crippen LogP contribution < -0.4 is 10.6 Å². The number of nitrogens with two attached hydrogens (primary N) is 1. The average Bonchev–Trinajstić information content (AvgIpc) is 2.77. The molecule has 19 heavy (non-hydrogen) atoms. The van der Waals surface area contributed by atoms with Crippen molar-refractivity contribution in [2.45, 2.75) is 19.9 Å². The lowest BCUT2D eigenvalue weighted by molar-refractivity contribution is 0.481. The number of anilines is 1. The molecule has 0 radical (unpaired) electrons. The fraction of sp³-hybridized carbons (Fsp3) is 0.333. The second kappa shape index (κ2) is 6.26. The van der Waals surface area contributed by atoms with Crippen LogP contribution in [0.2, 0.25) is 0 Å². The summed E-state index contributed by atoms with van der Waals surface area (Å²) in [5.41, 5.74) is 8.12. The molecule has 1 aromatic carbocycles. The summed E-state index contributed by atoms with van der Waals surface area (Å²) >= 11 is 3.52. The lowest BCUT2D eigenvalue weighted by Gasteiger charge is -2.22. The normalized spacial score (nSPS) is 10.7. The first-order valence-corrected chi connectivity index (χ1v) is 7.14. The van der Waals surface area contributed by atoms with Gasteiger partial charge in [0, 0.05) is 17.2 Å². The lowest BCUT2D eigenvalue weighted by atomic mass is 10.1. The molecule has 2 N–H and O–H groups in total. The van der Waals surface area contributed by atoms with Gasteiger partial charge in [0.1, 0.15) is 11.5 Å². The van der Waals surface area contributed by atoms with E-state index in [-0.39, 0.29) is 0 Å². The molecule has 0 unspecified atom stereocenters. The number of rotatable bonds is 5. The molecule has 102 valence electrons. The van der Waals surface area contributed by atoms with Crippen molar-refractivity contribution < 1.29 is 4.42 Å². The van der Waals surface area contributed by atoms with Gasteiger partial charge in [-0.1, -0.05) is 22.0 Å². The maximum atomic E-state index is 5.67. The van der Waals surface area contributed by atoms with Crippen LogP contribution in [0.15, 0.2) is 39.2 Å². The summed E-state index contributed by atoms with van der Waals surface area (Å²) in [5.74, 6) is 1.92. The molecule has 3 nitrogen and oxygen atoms in total. The molecule has 0 spiro atoms. The zero-order chi connectivity index (χ0) is 13.8. The summed E-state index contributed by atoms with van der Waals surface area (Å²) in [6.45, 7) is 3.37. The molecule has 2 aromatic rings. The molecular formula is C15H19BrN2O. The molecule has 0 aliphatic heterocycles. The van der Waals surface area contributed by atoms with Gasteiger partial charge in [0.05, 0.1) is 6.54 Å². The fourth-order valence-electron chi connectivity index (χ4n) is 2.15. The van der Waals surface area contributed by atoms with Crippen molar-refractivity contribution in [1.29, 1.82) is 0 Å². The van der Waals surface area contributed by atoms with Gasteiger partial charge in [0.25, 0.3) is 0 Å². The van der Waals surface area contributed by atoms with Crippen molar-refractivity contribution in [3.8, 4) is 0 Å². The standard InChI is InChI=1S/C15H19BrN2O/c1-11-3-6-14(19-11)10-18(2)15-9-13(16)5-4-12(15)7-8-17/h3-6,9H,7-8,10,17H2,1-2H3. The molecule has 0 amide bonds. The molecule has 2 rings (SSSR count). The summed E-state index contributed by atoms with van der Waals surface area (Å²) in [6, 6.07) is 10.3. The van der Waals surface area contributed by atoms with Crippen LogP contribution >= 0.6 is 15.9 Å². The molecule has 0 aliphatic carbocycles. The van der Waals surface area contributed by atoms with Gasteiger partial charge >= 0.3 is 0 Å². The van der Waals surface area contributed by atoms with Crippen molar-refractivity contribution in [3.63, 3.8) is 0 Å². The maximum Gasteiger partial charge on any atom is 0.123 e. The van der Waals surface area contributed by atoms with Crippen LogP contribution in [-0.4, -0.2) is 13.6 Å². The smallest absolute Gasteiger partial charge is 0.123 e. The second-order valence-corrected chi connectivity index (χ2v) is 5.60. The second-order valence-electron chi connectivity index (χ2n) is 4.68. The van der Waals surface area contributed by atoms with Crippen molar-refractivity contribution in [3.05, 3.63) is 51.9 Å². The average molecular weight is 323 g/mol. The number of benzene rings is 1. The van der Waals surface area contributed by atoms with Gasteiger partial charge in [-0.2, -0.15) is 0 Å². The van der Waals surface area contributed by atoms with Crippen LogP contribution in [0, 0.1) is 6.92 Å². The van der Waals surface area contributed by atoms with E-state index in [2.05, 4.69) is 46.1 Å². The number of hydrogen-bond donors (Lipinski definition) is 1. The van der Waals surface area contributed by atoms with Crippen molar-refractivity contribution in [2.24, 2.45) is 5.73 Å². The van der Waals surface area contributed by atoms with E-state index >= 15 is 0 Å². The number of aryl methyl sites for hydroxylation is 1. The zero-order valence-electron chi connectivity index (χ0n) is 11.3. The first-order chi connectivity index (χ1) is 9.10. The Hall–Kier alpha value is -1.26. The predicted octanol–water partition coefficient (Wildman–Crippen LogP) is 3.49. The summed E-state index contributed by atoms with van der Waals surface area (Å²) in [6.07, 6.45) is 0.879. The molecular weight excluding hydrogens is 304 g/mol. The minimum Gasteiger partial charge on any atom is -0.464 e. The zero-order valence-corrected chi connectivity index (χ0v) is 12.9. The highest BCUT2D eigenvalue weighted by molar-refractivity contribution is 9.10. The molecule has 1 aromatic heterocycles. The minimum atomic E-state index is 0.655. The van der Waals surface area contributed by atoms with Crippen LogP contribution in [0.25, 0.3) is 0 Å². The van der Waals surface area contributed by atoms with Gasteiger partial charge < -0.3 is 15.1 Å². The first-order valence-electron chi connectivity index (χ1n) is 6.35. The summed E-state index contributed by atoms with van der Waals surface area (Å²) in [7, 11) is 2.07. The molecule has 0 atom stereocenters. The Morgan fingerprint density at radius 1 is 1.26 bits per heavy atom. The van der Waals surface area contributed by atoms with E-state index in [9.17, 15) is 0 Å². The number of nitrogens with zero attached hydrogens (tertiary/aromatic N) is 1. The summed E-state index contributed by atoms with van der Waals surface area (Å²) in [5, 5.41) is 0. The van der Waals surface area contributed by atoms with Gasteiger partial charge in [0.15, 0.2) is 0 Å². The summed E-state index contributed by atoms with van der Waals surface area (Å²) < 4.78 is 6.70. The molecule has 0 saturated heterocycles. The van der Waals surface area contributed by atoms with E-state index in [1.165, 1.54) is 11.3 Å². The van der Waals surface area contributed by atoms with Gasteiger partial charge in [0.2, 0.25) is 0 Å². The van der Waals surface area contributed by atoms with E-state index in [0.29, 0.717) is 6.54 Å². The van der Waals surface area contributed by atoms with Crippen molar-refractivity contribution >= 4 is 21.6 Å². The largest absolute Gasteiger partial charge is 0.464 e. The van der Waals surface area contributed by atoms with E-state index in [4.69, 9.17) is 10.2 Å². The van der Waals surface area contributed by atoms with Crippen molar-refractivity contribution in [1.82, 2.24) is 0 Å². The SMILES string of the molecule is Cc1ccc(CN(C)c2cc(Br)ccc2CCN)o1. The lowest BCUT2D eigenvalue weighted by Crippen LogP contribution is -2.18. The van der Waals surface area contributed by atoms with Gasteiger partial charge in [-0.15, -0.1) is 0 Å². The maximum absolute atomic E-state index is 5.67. The van der Waals surface area contributed by atoms with Crippen LogP contribution in [0.4, 0.5) is 5.69 Å². The summed E-state index contributed by atoms with van der Waals surface area (Å²) in [4.78, 5) is 2.19. The molecule has 1 heterocycles. The monoisotopic (exact) mass is 322 g/mol. The van der Waals surface area contributed by atoms with Gasteiger partial charge in [-0.05, 0) is 49.7 Å². The Balaban J connectivity index is 2.21. The van der Waals surface area contributed by atoms with E-state index in [0.717, 1.165) is 29.0 Å². The van der Waals surface area contributed by atoms with Crippen LogP contribution in [0.5, 0.6) is 0 Å². The Bertz CT molecular complexity index is 551. The highest BCUT2D eigenvalue weighted by Crippen LogP contribution is 2.26. The molecule has 4 heteroatoms. The minimum absolute atomic E-state index is 0.655. The first kappa shape index (κ1) is 14.2. The third-order valence-electron chi connectivity index (χ3n) is 3.06. The third kappa shape index (κ3) is 3.61. The Labute approximate surface area is 122 Å². The van der Waals surface area contributed by atoms with E-state index in [1.807, 2.05) is 19.1 Å².